The first-order valence-corrected chi connectivity index (χ1v) is 6.49. The first-order valence-electron chi connectivity index (χ1n) is 6.49. The third kappa shape index (κ3) is 3.43. The first-order chi connectivity index (χ1) is 8.66. The molecule has 0 amide bonds. The van der Waals surface area contributed by atoms with Crippen molar-refractivity contribution in [3.05, 3.63) is 29.6 Å². The molecule has 1 aliphatic heterocycles. The molecule has 1 aliphatic rings. The Kier molecular flexibility index (Phi) is 4.55. The summed E-state index contributed by atoms with van der Waals surface area (Å²) >= 11 is 0. The summed E-state index contributed by atoms with van der Waals surface area (Å²) in [6, 6.07) is 4.61. The fraction of sp³-hybridized carbons (Fsp3) is 0.571. The molecule has 100 valence electrons. The molecule has 2 rings (SSSR count). The van der Waals surface area contributed by atoms with Gasteiger partial charge in [0.25, 0.3) is 0 Å². The van der Waals surface area contributed by atoms with E-state index in [0.29, 0.717) is 12.2 Å². The summed E-state index contributed by atoms with van der Waals surface area (Å²) in [4.78, 5) is 2.32. The lowest BCUT2D eigenvalue weighted by Gasteiger charge is -2.15. The molecule has 1 aromatic rings. The topological polar surface area (TPSA) is 32.7 Å². The first kappa shape index (κ1) is 13.3. The van der Waals surface area contributed by atoms with Crippen molar-refractivity contribution in [3.63, 3.8) is 0 Å². The lowest BCUT2D eigenvalue weighted by atomic mass is 10.1. The molecule has 0 bridgehead atoms. The molecule has 1 aromatic carbocycles. The third-order valence-electron chi connectivity index (χ3n) is 3.30. The molecular weight excluding hydrogens is 233 g/mol. The van der Waals surface area contributed by atoms with Crippen LogP contribution in [0.2, 0.25) is 0 Å². The number of halogens is 1. The minimum atomic E-state index is -0.654. The quantitative estimate of drug-likeness (QED) is 0.874. The van der Waals surface area contributed by atoms with Gasteiger partial charge in [-0.2, -0.15) is 0 Å². The SMILES string of the molecule is C[C@@H](O)c1ccc(OCCN2CCCC2)c(F)c1. The summed E-state index contributed by atoms with van der Waals surface area (Å²) in [5, 5.41) is 9.34. The van der Waals surface area contributed by atoms with Crippen LogP contribution < -0.4 is 4.74 Å². The van der Waals surface area contributed by atoms with Gasteiger partial charge in [0, 0.05) is 6.54 Å². The highest BCUT2D eigenvalue weighted by molar-refractivity contribution is 5.30. The van der Waals surface area contributed by atoms with Crippen LogP contribution in [0.25, 0.3) is 0 Å². The second kappa shape index (κ2) is 6.16. The molecule has 0 radical (unpaired) electrons. The van der Waals surface area contributed by atoms with Gasteiger partial charge in [-0.15, -0.1) is 0 Å². The van der Waals surface area contributed by atoms with Crippen LogP contribution in [0.3, 0.4) is 0 Å². The van der Waals surface area contributed by atoms with E-state index in [1.54, 1.807) is 19.1 Å². The van der Waals surface area contributed by atoms with Crippen LogP contribution in [0.4, 0.5) is 4.39 Å². The van der Waals surface area contributed by atoms with E-state index in [0.717, 1.165) is 19.6 Å². The third-order valence-corrected chi connectivity index (χ3v) is 3.30. The summed E-state index contributed by atoms with van der Waals surface area (Å²) in [5.41, 5.74) is 0.569. The Morgan fingerprint density at radius 3 is 2.72 bits per heavy atom. The van der Waals surface area contributed by atoms with Crippen molar-refractivity contribution in [1.29, 1.82) is 0 Å². The Balaban J connectivity index is 1.85. The highest BCUT2D eigenvalue weighted by Crippen LogP contribution is 2.22. The number of likely N-dealkylation sites (tertiary alicyclic amines) is 1. The number of rotatable bonds is 5. The van der Waals surface area contributed by atoms with Crippen molar-refractivity contribution >= 4 is 0 Å². The van der Waals surface area contributed by atoms with Gasteiger partial charge in [0.15, 0.2) is 11.6 Å². The maximum atomic E-state index is 13.7. The summed E-state index contributed by atoms with van der Waals surface area (Å²) < 4.78 is 19.1. The van der Waals surface area contributed by atoms with Gasteiger partial charge < -0.3 is 9.84 Å². The van der Waals surface area contributed by atoms with Crippen LogP contribution in [0.15, 0.2) is 18.2 Å². The molecule has 4 heteroatoms. The van der Waals surface area contributed by atoms with Crippen molar-refractivity contribution in [3.8, 4) is 5.75 Å². The number of benzene rings is 1. The van der Waals surface area contributed by atoms with Gasteiger partial charge in [0.2, 0.25) is 0 Å². The molecule has 0 unspecified atom stereocenters. The lowest BCUT2D eigenvalue weighted by Crippen LogP contribution is -2.25. The van der Waals surface area contributed by atoms with E-state index < -0.39 is 11.9 Å². The molecule has 1 heterocycles. The van der Waals surface area contributed by atoms with E-state index in [1.165, 1.54) is 18.9 Å². The van der Waals surface area contributed by atoms with Crippen molar-refractivity contribution in [1.82, 2.24) is 4.90 Å². The number of hydrogen-bond donors (Lipinski definition) is 1. The summed E-state index contributed by atoms with van der Waals surface area (Å²) in [5.74, 6) is -0.145. The maximum Gasteiger partial charge on any atom is 0.165 e. The Morgan fingerprint density at radius 2 is 2.11 bits per heavy atom. The van der Waals surface area contributed by atoms with E-state index in [9.17, 15) is 9.50 Å². The zero-order valence-corrected chi connectivity index (χ0v) is 10.7. The van der Waals surface area contributed by atoms with Gasteiger partial charge in [-0.1, -0.05) is 6.07 Å². The van der Waals surface area contributed by atoms with Crippen molar-refractivity contribution < 1.29 is 14.2 Å². The van der Waals surface area contributed by atoms with E-state index in [-0.39, 0.29) is 5.75 Å². The van der Waals surface area contributed by atoms with Gasteiger partial charge in [0.1, 0.15) is 6.61 Å². The highest BCUT2D eigenvalue weighted by Gasteiger charge is 2.12. The summed E-state index contributed by atoms with van der Waals surface area (Å²) in [6.07, 6.45) is 1.84. The Morgan fingerprint density at radius 1 is 1.39 bits per heavy atom. The van der Waals surface area contributed by atoms with E-state index in [1.807, 2.05) is 0 Å². The standard InChI is InChI=1S/C14H20FNO2/c1-11(17)12-4-5-14(13(15)10-12)18-9-8-16-6-2-3-7-16/h4-5,10-11,17H,2-3,6-9H2,1H3/t11-/m1/s1. The van der Waals surface area contributed by atoms with E-state index in [4.69, 9.17) is 4.74 Å². The predicted molar refractivity (Wildman–Crippen MR) is 68.2 cm³/mol. The molecule has 1 atom stereocenters. The molecule has 1 fully saturated rings. The second-order valence-corrected chi connectivity index (χ2v) is 4.76. The largest absolute Gasteiger partial charge is 0.489 e. The molecule has 3 nitrogen and oxygen atoms in total. The van der Waals surface area contributed by atoms with Gasteiger partial charge in [-0.05, 0) is 50.6 Å². The second-order valence-electron chi connectivity index (χ2n) is 4.76. The molecule has 0 saturated carbocycles. The van der Waals surface area contributed by atoms with Gasteiger partial charge in [0.05, 0.1) is 6.10 Å². The normalized spacial score (nSPS) is 17.9. The monoisotopic (exact) mass is 253 g/mol. The average molecular weight is 253 g/mol. The van der Waals surface area contributed by atoms with Gasteiger partial charge in [-0.3, -0.25) is 4.90 Å². The fourth-order valence-corrected chi connectivity index (χ4v) is 2.18. The average Bonchev–Trinajstić information content (AvgIpc) is 2.84. The Hall–Kier alpha value is -1.13. The molecule has 0 aliphatic carbocycles. The molecule has 0 spiro atoms. The molecular formula is C14H20FNO2. The van der Waals surface area contributed by atoms with Crippen LogP contribution >= 0.6 is 0 Å². The number of nitrogens with zero attached hydrogens (tertiary/aromatic N) is 1. The highest BCUT2D eigenvalue weighted by atomic mass is 19.1. The van der Waals surface area contributed by atoms with Crippen LogP contribution in [-0.4, -0.2) is 36.2 Å². The van der Waals surface area contributed by atoms with Crippen LogP contribution in [0.5, 0.6) is 5.75 Å². The minimum Gasteiger partial charge on any atom is -0.489 e. The van der Waals surface area contributed by atoms with Gasteiger partial charge >= 0.3 is 0 Å². The van der Waals surface area contributed by atoms with E-state index >= 15 is 0 Å². The number of hydrogen-bond acceptors (Lipinski definition) is 3. The Labute approximate surface area is 107 Å². The summed E-state index contributed by atoms with van der Waals surface area (Å²) in [6.45, 7) is 5.20. The number of aliphatic hydroxyl groups is 1. The lowest BCUT2D eigenvalue weighted by molar-refractivity contribution is 0.198. The van der Waals surface area contributed by atoms with E-state index in [2.05, 4.69) is 4.90 Å². The fourth-order valence-electron chi connectivity index (χ4n) is 2.18. The zero-order valence-electron chi connectivity index (χ0n) is 10.7. The summed E-state index contributed by atoms with van der Waals surface area (Å²) in [7, 11) is 0. The van der Waals surface area contributed by atoms with Crippen LogP contribution in [0, 0.1) is 5.82 Å². The van der Waals surface area contributed by atoms with Crippen LogP contribution in [-0.2, 0) is 0 Å². The number of aliphatic hydroxyl groups excluding tert-OH is 1. The van der Waals surface area contributed by atoms with Crippen molar-refractivity contribution in [2.45, 2.75) is 25.9 Å². The van der Waals surface area contributed by atoms with Crippen molar-refractivity contribution in [2.75, 3.05) is 26.2 Å². The van der Waals surface area contributed by atoms with Crippen LogP contribution in [0.1, 0.15) is 31.4 Å². The smallest absolute Gasteiger partial charge is 0.165 e. The van der Waals surface area contributed by atoms with Crippen molar-refractivity contribution in [2.24, 2.45) is 0 Å². The maximum absolute atomic E-state index is 13.7. The Bertz CT molecular complexity index is 389. The zero-order chi connectivity index (χ0) is 13.0. The molecule has 0 aromatic heterocycles. The molecule has 1 saturated heterocycles. The molecule has 1 N–H and O–H groups in total. The minimum absolute atomic E-state index is 0.263. The van der Waals surface area contributed by atoms with Gasteiger partial charge in [-0.25, -0.2) is 4.39 Å². The molecule has 18 heavy (non-hydrogen) atoms. The number of ether oxygens (including phenoxy) is 1. The predicted octanol–water partition coefficient (Wildman–Crippen LogP) is 2.35.